The Kier molecular flexibility index (Phi) is 7.41. The molecule has 1 amide bonds. The van der Waals surface area contributed by atoms with E-state index >= 15 is 0 Å². The number of aromatic nitrogens is 3. The number of benzene rings is 2. The van der Waals surface area contributed by atoms with Gasteiger partial charge < -0.3 is 9.64 Å². The minimum Gasteiger partial charge on any atom is -0.493 e. The highest BCUT2D eigenvalue weighted by Crippen LogP contribution is 2.19. The fraction of sp³-hybridized carbons (Fsp3) is 0.348. The molecule has 1 aromatic heterocycles. The Morgan fingerprint density at radius 2 is 2.00 bits per heavy atom. The summed E-state index contributed by atoms with van der Waals surface area (Å²) in [6.07, 6.45) is 1.14. The summed E-state index contributed by atoms with van der Waals surface area (Å²) in [5.41, 5.74) is 3.25. The van der Waals surface area contributed by atoms with Crippen molar-refractivity contribution in [2.45, 2.75) is 33.2 Å². The third-order valence-electron chi connectivity index (χ3n) is 5.00. The van der Waals surface area contributed by atoms with Crippen molar-refractivity contribution in [3.63, 3.8) is 0 Å². The van der Waals surface area contributed by atoms with Gasteiger partial charge in [0.1, 0.15) is 5.75 Å². The molecule has 0 fully saturated rings. The Labute approximate surface area is 182 Å². The first-order chi connectivity index (χ1) is 14.5. The summed E-state index contributed by atoms with van der Waals surface area (Å²) >= 11 is 5.37. The molecular weight excluding hydrogens is 396 g/mol. The first-order valence-electron chi connectivity index (χ1n) is 10.1. The number of ether oxygens (including phenoxy) is 1. The van der Waals surface area contributed by atoms with Gasteiger partial charge in [0, 0.05) is 32.1 Å². The van der Waals surface area contributed by atoms with Gasteiger partial charge in [0.15, 0.2) is 10.6 Å². The van der Waals surface area contributed by atoms with Crippen LogP contribution in [0.1, 0.15) is 24.0 Å². The highest BCUT2D eigenvalue weighted by Gasteiger charge is 2.13. The number of aryl methyl sites for hydroxylation is 2. The topological polar surface area (TPSA) is 63.2 Å². The van der Waals surface area contributed by atoms with E-state index in [1.54, 1.807) is 4.90 Å². The first-order valence-corrected chi connectivity index (χ1v) is 10.5. The Morgan fingerprint density at radius 1 is 1.20 bits per heavy atom. The summed E-state index contributed by atoms with van der Waals surface area (Å²) in [5, 5.41) is 7.20. The second-order valence-corrected chi connectivity index (χ2v) is 7.79. The minimum atomic E-state index is 0.0733. The number of carbonyl (C=O) groups is 1. The van der Waals surface area contributed by atoms with Crippen molar-refractivity contribution < 1.29 is 9.53 Å². The van der Waals surface area contributed by atoms with Crippen LogP contribution in [-0.2, 0) is 11.3 Å². The maximum absolute atomic E-state index is 12.6. The molecule has 2 aromatic carbocycles. The van der Waals surface area contributed by atoms with Gasteiger partial charge in [0.2, 0.25) is 5.91 Å². The standard InChI is InChI=1S/C23H28N4O2S/c1-17-8-6-10-19(16-17)22-24-25-23(30)27(22)14-12-21(28)26(3)13-7-15-29-20-11-5-4-9-18(20)2/h4-6,8-11,16H,7,12-15H2,1-3H3,(H,25,30). The lowest BCUT2D eigenvalue weighted by molar-refractivity contribution is -0.130. The maximum Gasteiger partial charge on any atom is 0.224 e. The normalized spacial score (nSPS) is 10.8. The molecule has 6 nitrogen and oxygen atoms in total. The van der Waals surface area contributed by atoms with Gasteiger partial charge in [0.05, 0.1) is 6.61 Å². The predicted octanol–water partition coefficient (Wildman–Crippen LogP) is 4.54. The summed E-state index contributed by atoms with van der Waals surface area (Å²) in [6.45, 7) is 5.77. The average molecular weight is 425 g/mol. The molecule has 3 aromatic rings. The highest BCUT2D eigenvalue weighted by atomic mass is 32.1. The van der Waals surface area contributed by atoms with Crippen molar-refractivity contribution in [2.75, 3.05) is 20.2 Å². The van der Waals surface area contributed by atoms with Gasteiger partial charge in [-0.3, -0.25) is 14.5 Å². The molecule has 1 heterocycles. The number of para-hydroxylation sites is 1. The van der Waals surface area contributed by atoms with Crippen LogP contribution in [0.3, 0.4) is 0 Å². The number of nitrogens with one attached hydrogen (secondary N) is 1. The molecule has 7 heteroatoms. The predicted molar refractivity (Wildman–Crippen MR) is 121 cm³/mol. The van der Waals surface area contributed by atoms with Crippen molar-refractivity contribution >= 4 is 18.1 Å². The molecule has 3 rings (SSSR count). The molecular formula is C23H28N4O2S. The van der Waals surface area contributed by atoms with E-state index in [1.807, 2.05) is 67.9 Å². The first kappa shape index (κ1) is 21.8. The molecule has 0 aliphatic heterocycles. The molecule has 0 spiro atoms. The van der Waals surface area contributed by atoms with Crippen LogP contribution in [-0.4, -0.2) is 45.8 Å². The minimum absolute atomic E-state index is 0.0733. The Hall–Kier alpha value is -2.93. The second kappa shape index (κ2) is 10.2. The summed E-state index contributed by atoms with van der Waals surface area (Å²) in [7, 11) is 1.83. The van der Waals surface area contributed by atoms with Crippen LogP contribution in [0.15, 0.2) is 48.5 Å². The van der Waals surface area contributed by atoms with Crippen LogP contribution in [0, 0.1) is 18.6 Å². The zero-order valence-electron chi connectivity index (χ0n) is 17.7. The van der Waals surface area contributed by atoms with E-state index < -0.39 is 0 Å². The number of H-pyrrole nitrogens is 1. The molecule has 0 radical (unpaired) electrons. The van der Waals surface area contributed by atoms with Crippen molar-refractivity contribution in [3.8, 4) is 17.1 Å². The van der Waals surface area contributed by atoms with E-state index in [9.17, 15) is 4.79 Å². The Morgan fingerprint density at radius 3 is 2.77 bits per heavy atom. The van der Waals surface area contributed by atoms with Gasteiger partial charge in [-0.05, 0) is 50.2 Å². The van der Waals surface area contributed by atoms with Gasteiger partial charge in [0.25, 0.3) is 0 Å². The molecule has 1 N–H and O–H groups in total. The van der Waals surface area contributed by atoms with E-state index in [4.69, 9.17) is 17.0 Å². The van der Waals surface area contributed by atoms with Crippen LogP contribution in [0.2, 0.25) is 0 Å². The number of carbonyl (C=O) groups excluding carboxylic acids is 1. The molecule has 0 atom stereocenters. The van der Waals surface area contributed by atoms with Gasteiger partial charge in [-0.2, -0.15) is 5.10 Å². The second-order valence-electron chi connectivity index (χ2n) is 7.41. The van der Waals surface area contributed by atoms with E-state index in [0.29, 0.717) is 30.9 Å². The lowest BCUT2D eigenvalue weighted by atomic mass is 10.1. The average Bonchev–Trinajstić information content (AvgIpc) is 3.10. The highest BCUT2D eigenvalue weighted by molar-refractivity contribution is 7.71. The zero-order chi connectivity index (χ0) is 21.5. The number of nitrogens with zero attached hydrogens (tertiary/aromatic N) is 3. The van der Waals surface area contributed by atoms with Crippen LogP contribution >= 0.6 is 12.2 Å². The molecule has 158 valence electrons. The summed E-state index contributed by atoms with van der Waals surface area (Å²) in [5.74, 6) is 1.72. The molecule has 0 bridgehead atoms. The SMILES string of the molecule is Cc1cccc(-c2n[nH]c(=S)n2CCC(=O)N(C)CCCOc2ccccc2C)c1. The quantitative estimate of drug-likeness (QED) is 0.405. The van der Waals surface area contributed by atoms with E-state index in [-0.39, 0.29) is 5.91 Å². The number of aromatic amines is 1. The molecule has 0 unspecified atom stereocenters. The molecule has 30 heavy (non-hydrogen) atoms. The fourth-order valence-corrected chi connectivity index (χ4v) is 3.48. The number of hydrogen-bond donors (Lipinski definition) is 1. The van der Waals surface area contributed by atoms with Crippen LogP contribution in [0.4, 0.5) is 0 Å². The number of amides is 1. The van der Waals surface area contributed by atoms with Crippen LogP contribution in [0.5, 0.6) is 5.75 Å². The van der Waals surface area contributed by atoms with Crippen LogP contribution < -0.4 is 4.74 Å². The van der Waals surface area contributed by atoms with Crippen LogP contribution in [0.25, 0.3) is 11.4 Å². The monoisotopic (exact) mass is 424 g/mol. The van der Waals surface area contributed by atoms with Gasteiger partial charge in [-0.15, -0.1) is 0 Å². The van der Waals surface area contributed by atoms with Crippen molar-refractivity contribution in [1.29, 1.82) is 0 Å². The number of hydrogen-bond acceptors (Lipinski definition) is 4. The summed E-state index contributed by atoms with van der Waals surface area (Å²) in [6, 6.07) is 16.0. The fourth-order valence-electron chi connectivity index (χ4n) is 3.25. The molecule has 0 saturated carbocycles. The smallest absolute Gasteiger partial charge is 0.224 e. The van der Waals surface area contributed by atoms with Crippen molar-refractivity contribution in [1.82, 2.24) is 19.7 Å². The van der Waals surface area contributed by atoms with Crippen molar-refractivity contribution in [3.05, 3.63) is 64.4 Å². The summed E-state index contributed by atoms with van der Waals surface area (Å²) < 4.78 is 8.22. The Balaban J connectivity index is 1.50. The Bertz CT molecular complexity index is 1060. The van der Waals surface area contributed by atoms with Gasteiger partial charge in [-0.1, -0.05) is 42.0 Å². The van der Waals surface area contributed by atoms with E-state index in [2.05, 4.69) is 16.3 Å². The van der Waals surface area contributed by atoms with E-state index in [0.717, 1.165) is 34.7 Å². The lowest BCUT2D eigenvalue weighted by Crippen LogP contribution is -2.29. The third-order valence-corrected chi connectivity index (χ3v) is 5.31. The van der Waals surface area contributed by atoms with Crippen molar-refractivity contribution in [2.24, 2.45) is 0 Å². The maximum atomic E-state index is 12.6. The molecule has 0 aliphatic carbocycles. The third kappa shape index (κ3) is 5.57. The number of rotatable bonds is 9. The van der Waals surface area contributed by atoms with E-state index in [1.165, 1.54) is 0 Å². The zero-order valence-corrected chi connectivity index (χ0v) is 18.5. The van der Waals surface area contributed by atoms with Gasteiger partial charge in [-0.25, -0.2) is 0 Å². The lowest BCUT2D eigenvalue weighted by Gasteiger charge is -2.18. The molecule has 0 saturated heterocycles. The summed E-state index contributed by atoms with van der Waals surface area (Å²) in [4.78, 5) is 14.3. The molecule has 0 aliphatic rings. The largest absolute Gasteiger partial charge is 0.493 e. The van der Waals surface area contributed by atoms with Gasteiger partial charge >= 0.3 is 0 Å².